The lowest BCUT2D eigenvalue weighted by molar-refractivity contribution is -0.384. The number of methoxy groups -OCH3 is 2. The third-order valence-corrected chi connectivity index (χ3v) is 5.07. The minimum atomic E-state index is -1.53. The Morgan fingerprint density at radius 1 is 1.12 bits per heavy atom. The van der Waals surface area contributed by atoms with Crippen molar-refractivity contribution in [3.8, 4) is 6.07 Å². The van der Waals surface area contributed by atoms with Gasteiger partial charge in [0.2, 0.25) is 0 Å². The molecule has 0 saturated heterocycles. The first-order valence-corrected chi connectivity index (χ1v) is 9.46. The summed E-state index contributed by atoms with van der Waals surface area (Å²) in [5, 5.41) is 21.5. The molecule has 0 radical (unpaired) electrons. The summed E-state index contributed by atoms with van der Waals surface area (Å²) in [5.74, 6) is -7.06. The Morgan fingerprint density at radius 2 is 1.71 bits per heavy atom. The van der Waals surface area contributed by atoms with Crippen LogP contribution in [0.15, 0.2) is 65.1 Å². The van der Waals surface area contributed by atoms with Crippen LogP contribution in [0.4, 0.5) is 20.2 Å². The number of rotatable bonds is 5. The first-order valence-electron chi connectivity index (χ1n) is 9.46. The van der Waals surface area contributed by atoms with Crippen LogP contribution >= 0.6 is 0 Å². The summed E-state index contributed by atoms with van der Waals surface area (Å²) in [6.07, 6.45) is 0. The van der Waals surface area contributed by atoms with E-state index in [1.807, 2.05) is 6.07 Å². The van der Waals surface area contributed by atoms with Crippen molar-refractivity contribution < 1.29 is 32.8 Å². The first kappa shape index (κ1) is 23.9. The molecule has 2 aromatic rings. The molecule has 34 heavy (non-hydrogen) atoms. The second-order valence-electron chi connectivity index (χ2n) is 6.85. The molecule has 1 unspecified atom stereocenters. The summed E-state index contributed by atoms with van der Waals surface area (Å²) >= 11 is 0. The number of hydrogen-bond acceptors (Lipinski definition) is 9. The lowest BCUT2D eigenvalue weighted by atomic mass is 9.81. The van der Waals surface area contributed by atoms with Gasteiger partial charge >= 0.3 is 11.9 Å². The zero-order chi connectivity index (χ0) is 25.2. The molecule has 0 saturated carbocycles. The zero-order valence-corrected chi connectivity index (χ0v) is 17.7. The third kappa shape index (κ3) is 3.90. The molecule has 1 aliphatic heterocycles. The Morgan fingerprint density at radius 3 is 2.24 bits per heavy atom. The van der Waals surface area contributed by atoms with Gasteiger partial charge in [0.25, 0.3) is 5.69 Å². The van der Waals surface area contributed by atoms with Crippen LogP contribution < -0.4 is 10.6 Å². The van der Waals surface area contributed by atoms with Crippen molar-refractivity contribution >= 4 is 23.3 Å². The SMILES string of the molecule is COC(=O)C1=C(C(=O)OC)N(c2cc(F)c(F)cc2[N+](=O)[O-])C(N)=C(C#N)C1c1ccccc1. The van der Waals surface area contributed by atoms with Gasteiger partial charge in [-0.1, -0.05) is 30.3 Å². The van der Waals surface area contributed by atoms with E-state index in [9.17, 15) is 33.7 Å². The van der Waals surface area contributed by atoms with Gasteiger partial charge in [-0.25, -0.2) is 18.4 Å². The maximum atomic E-state index is 14.2. The van der Waals surface area contributed by atoms with Gasteiger partial charge in [-0.05, 0) is 5.56 Å². The first-order chi connectivity index (χ1) is 16.2. The number of nitriles is 1. The molecule has 0 bridgehead atoms. The highest BCUT2D eigenvalue weighted by Gasteiger charge is 2.44. The number of nitro benzene ring substituents is 1. The monoisotopic (exact) mass is 470 g/mol. The second kappa shape index (κ2) is 9.37. The van der Waals surface area contributed by atoms with Crippen molar-refractivity contribution in [2.45, 2.75) is 5.92 Å². The Hall–Kier alpha value is -4.79. The molecule has 174 valence electrons. The Bertz CT molecular complexity index is 1300. The minimum Gasteiger partial charge on any atom is -0.466 e. The summed E-state index contributed by atoms with van der Waals surface area (Å²) in [4.78, 5) is 37.0. The average molecular weight is 470 g/mol. The van der Waals surface area contributed by atoms with E-state index >= 15 is 0 Å². The van der Waals surface area contributed by atoms with Gasteiger partial charge in [0.05, 0.1) is 48.3 Å². The average Bonchev–Trinajstić information content (AvgIpc) is 2.84. The fourth-order valence-corrected chi connectivity index (χ4v) is 3.61. The predicted octanol–water partition coefficient (Wildman–Crippen LogP) is 2.77. The van der Waals surface area contributed by atoms with Gasteiger partial charge < -0.3 is 15.2 Å². The Kier molecular flexibility index (Phi) is 6.58. The number of benzene rings is 2. The minimum absolute atomic E-state index is 0.292. The van der Waals surface area contributed by atoms with Gasteiger partial charge in [0, 0.05) is 6.07 Å². The van der Waals surface area contributed by atoms with Gasteiger partial charge in [-0.2, -0.15) is 5.26 Å². The molecule has 1 atom stereocenters. The summed E-state index contributed by atoms with van der Waals surface area (Å²) in [7, 11) is 1.99. The van der Waals surface area contributed by atoms with Gasteiger partial charge in [0.1, 0.15) is 17.2 Å². The van der Waals surface area contributed by atoms with E-state index in [4.69, 9.17) is 15.2 Å². The number of carbonyl (C=O) groups excluding carboxylic acids is 2. The van der Waals surface area contributed by atoms with Crippen molar-refractivity contribution in [2.24, 2.45) is 5.73 Å². The molecule has 12 heteroatoms. The van der Waals surface area contributed by atoms with E-state index in [1.165, 1.54) is 0 Å². The van der Waals surface area contributed by atoms with Crippen molar-refractivity contribution in [3.05, 3.63) is 92.4 Å². The summed E-state index contributed by atoms with van der Waals surface area (Å²) in [6, 6.07) is 10.6. The normalized spacial score (nSPS) is 15.6. The van der Waals surface area contributed by atoms with E-state index in [1.54, 1.807) is 30.3 Å². The Balaban J connectivity index is 2.51. The van der Waals surface area contributed by atoms with Gasteiger partial charge in [-0.3, -0.25) is 15.0 Å². The number of hydrogen-bond donors (Lipinski definition) is 1. The standard InChI is InChI=1S/C22H16F2N4O6/c1-33-21(29)18-17(11-6-4-3-5-7-11)12(10-25)20(26)27(19(18)22(30)34-2)15-8-13(23)14(24)9-16(15)28(31)32/h3-9,17H,26H2,1-2H3. The quantitative estimate of drug-likeness (QED) is 0.395. The van der Waals surface area contributed by atoms with Crippen LogP contribution in [0.1, 0.15) is 11.5 Å². The van der Waals surface area contributed by atoms with Crippen LogP contribution in [0.2, 0.25) is 0 Å². The largest absolute Gasteiger partial charge is 0.466 e. The number of nitrogens with zero attached hydrogens (tertiary/aromatic N) is 3. The topological polar surface area (TPSA) is 149 Å². The number of nitrogens with two attached hydrogens (primary N) is 1. The molecule has 2 N–H and O–H groups in total. The molecule has 0 aliphatic carbocycles. The lowest BCUT2D eigenvalue weighted by Gasteiger charge is -2.35. The van der Waals surface area contributed by atoms with Crippen LogP contribution in [0.25, 0.3) is 0 Å². The number of ether oxygens (including phenoxy) is 2. The Labute approximate surface area is 191 Å². The summed E-state index contributed by atoms with van der Waals surface area (Å²) in [6.45, 7) is 0. The van der Waals surface area contributed by atoms with Crippen LogP contribution in [0, 0.1) is 33.1 Å². The molecule has 0 aromatic heterocycles. The van der Waals surface area contributed by atoms with E-state index in [0.717, 1.165) is 14.2 Å². The van der Waals surface area contributed by atoms with E-state index in [2.05, 4.69) is 0 Å². The fraction of sp³-hybridized carbons (Fsp3) is 0.136. The zero-order valence-electron chi connectivity index (χ0n) is 17.7. The smallest absolute Gasteiger partial charge is 0.355 e. The fourth-order valence-electron chi connectivity index (χ4n) is 3.61. The summed E-state index contributed by atoms with van der Waals surface area (Å²) in [5.41, 5.74) is 3.47. The van der Waals surface area contributed by atoms with Crippen molar-refractivity contribution in [3.63, 3.8) is 0 Å². The molecule has 2 aromatic carbocycles. The second-order valence-corrected chi connectivity index (χ2v) is 6.85. The third-order valence-electron chi connectivity index (χ3n) is 5.07. The highest BCUT2D eigenvalue weighted by Crippen LogP contribution is 2.45. The number of allylic oxidation sites excluding steroid dienone is 1. The van der Waals surface area contributed by atoms with Crippen LogP contribution in [0.5, 0.6) is 0 Å². The van der Waals surface area contributed by atoms with E-state index in [0.29, 0.717) is 22.6 Å². The number of carbonyl (C=O) groups is 2. The molecule has 1 aliphatic rings. The molecule has 0 amide bonds. The van der Waals surface area contributed by atoms with Crippen LogP contribution in [-0.4, -0.2) is 31.1 Å². The summed E-state index contributed by atoms with van der Waals surface area (Å²) < 4.78 is 37.6. The number of esters is 2. The van der Waals surface area contributed by atoms with Crippen molar-refractivity contribution in [1.82, 2.24) is 0 Å². The predicted molar refractivity (Wildman–Crippen MR) is 113 cm³/mol. The highest BCUT2D eigenvalue weighted by molar-refractivity contribution is 6.06. The van der Waals surface area contributed by atoms with Crippen LogP contribution in [0.3, 0.4) is 0 Å². The van der Waals surface area contributed by atoms with E-state index in [-0.39, 0.29) is 5.57 Å². The van der Waals surface area contributed by atoms with E-state index < -0.39 is 62.9 Å². The van der Waals surface area contributed by atoms with Crippen molar-refractivity contribution in [2.75, 3.05) is 19.1 Å². The lowest BCUT2D eigenvalue weighted by Crippen LogP contribution is -2.41. The maximum absolute atomic E-state index is 14.2. The number of anilines is 1. The molecule has 3 rings (SSSR count). The number of halogens is 2. The van der Waals surface area contributed by atoms with Gasteiger partial charge in [0.15, 0.2) is 11.6 Å². The molecule has 1 heterocycles. The molecule has 10 nitrogen and oxygen atoms in total. The number of nitro groups is 1. The van der Waals surface area contributed by atoms with Gasteiger partial charge in [-0.15, -0.1) is 0 Å². The highest BCUT2D eigenvalue weighted by atomic mass is 19.2. The molecular weight excluding hydrogens is 454 g/mol. The van der Waals surface area contributed by atoms with Crippen LogP contribution in [-0.2, 0) is 19.1 Å². The molecule has 0 fully saturated rings. The molecule has 0 spiro atoms. The van der Waals surface area contributed by atoms with Crippen molar-refractivity contribution in [1.29, 1.82) is 5.26 Å². The maximum Gasteiger partial charge on any atom is 0.355 e. The molecular formula is C22H16F2N4O6.